The molecule has 0 heterocycles. The van der Waals surface area contributed by atoms with Crippen LogP contribution in [-0.2, 0) is 102 Å². The van der Waals surface area contributed by atoms with Crippen LogP contribution in [0, 0.1) is 23.7 Å². The number of nitrogens with one attached hydrogen (secondary N) is 16. The Morgan fingerprint density at radius 3 is 1.31 bits per heavy atom. The number of hydrogen-bond acceptors (Lipinski definition) is 26. The number of unbranched alkanes of at least 4 members (excludes halogenated alkanes) is 1. The van der Waals surface area contributed by atoms with Gasteiger partial charge in [-0.05, 0) is 114 Å². The van der Waals surface area contributed by atoms with Crippen LogP contribution in [0.3, 0.4) is 0 Å². The van der Waals surface area contributed by atoms with Gasteiger partial charge in [-0.15, -0.1) is 0 Å². The molecule has 0 unspecified atom stereocenters. The minimum absolute atomic E-state index is 0.00368. The number of guanidine groups is 1. The first-order valence-corrected chi connectivity index (χ1v) is 40.8. The average molecular weight is 1780 g/mol. The molecule has 0 saturated heterocycles. The Morgan fingerprint density at radius 2 is 0.816 bits per heavy atom. The lowest BCUT2D eigenvalue weighted by Crippen LogP contribution is -2.62. The van der Waals surface area contributed by atoms with Gasteiger partial charge < -0.3 is 145 Å². The fraction of sp³-hybridized carbons (Fsp3) is 0.649. The number of hydrogen-bond donors (Lipinski definition) is 27. The summed E-state index contributed by atoms with van der Waals surface area (Å²) in [7, 11) is 0. The zero-order chi connectivity index (χ0) is 95.2. The number of carbonyl (C=O) groups excluding carboxylic acids is 18. The van der Waals surface area contributed by atoms with E-state index in [0.717, 1.165) is 13.8 Å². The summed E-state index contributed by atoms with van der Waals surface area (Å²) in [6, 6.07) is -13.6. The third-order valence-electron chi connectivity index (χ3n) is 19.1. The van der Waals surface area contributed by atoms with Crippen molar-refractivity contribution in [3.8, 4) is 0 Å². The van der Waals surface area contributed by atoms with Gasteiger partial charge in [-0.1, -0.05) is 92.1 Å². The molecule has 0 radical (unpaired) electrons. The van der Waals surface area contributed by atoms with Crippen molar-refractivity contribution in [1.29, 1.82) is 0 Å². The number of nitrogens with two attached hydrogens (primary N) is 6. The molecule has 0 aliphatic carbocycles. The highest BCUT2D eigenvalue weighted by atomic mass is 16.4. The standard InChI is InChI=1S/C77H129N23O25/c1-12-39(8)60(76(124)125)98-70(118)49(29-36(2)3)90-55(107)33-87-72(120)61(41(10)102)99-71(119)51(35-101)95-73(121)59(38(6)7)97-74(122)58(37(4)5)96-56(108)34-85-63(111)40(9)88-66(114)45(21-16-17-27-78)93-75(123)62(42(11)103)100-69(117)48(24-26-57(109)110)92-68(116)47(23-25-52(80)104)89-54(106)32-86-65(113)50(31-53(81)105)94-67(115)46(22-18-28-84-77(82)83)91-64(112)44(79)30-43-19-14-13-15-20-43/h13-15,19-20,36-42,44-51,58-62,101-103H,12,16-18,21-35,78-79H2,1-11H3,(H2,80,104)(H2,81,105)(H,85,111)(H,86,113)(H,87,120)(H,88,114)(H,89,106)(H,90,107)(H,91,112)(H,92,116)(H,93,123)(H,94,115)(H,95,121)(H,96,108)(H,97,122)(H,98,118)(H,99,119)(H,100,117)(H,109,110)(H,124,125)(H4,82,83,84)/t39-,40-,41+,42+,44-,45-,46-,47-,48-,49-,50-,51-,58-,59-,60-,61-,62-/m0/s1. The van der Waals surface area contributed by atoms with Crippen molar-refractivity contribution in [2.45, 2.75) is 256 Å². The first kappa shape index (κ1) is 111. The van der Waals surface area contributed by atoms with Crippen molar-refractivity contribution in [3.63, 3.8) is 0 Å². The van der Waals surface area contributed by atoms with Crippen molar-refractivity contribution >= 4 is 124 Å². The maximum Gasteiger partial charge on any atom is 0.326 e. The molecule has 0 saturated carbocycles. The lowest BCUT2D eigenvalue weighted by atomic mass is 9.97. The normalized spacial score (nSPS) is 15.2. The van der Waals surface area contributed by atoms with Gasteiger partial charge in [-0.3, -0.25) is 96.1 Å². The topological polar surface area (TPSA) is 804 Å². The van der Waals surface area contributed by atoms with Crippen LogP contribution < -0.4 is 119 Å². The second kappa shape index (κ2) is 57.2. The van der Waals surface area contributed by atoms with Crippen molar-refractivity contribution in [3.05, 3.63) is 35.9 Å². The number of nitrogens with zero attached hydrogens (tertiary/aromatic N) is 1. The van der Waals surface area contributed by atoms with Crippen LogP contribution in [0.2, 0.25) is 0 Å². The van der Waals surface area contributed by atoms with Crippen LogP contribution in [-0.4, -0.2) is 286 Å². The van der Waals surface area contributed by atoms with Gasteiger partial charge in [0.05, 0.1) is 50.9 Å². The number of carboxylic acids is 2. The van der Waals surface area contributed by atoms with Crippen LogP contribution in [0.1, 0.15) is 159 Å². The number of carbonyl (C=O) groups is 20. The molecule has 0 spiro atoms. The van der Waals surface area contributed by atoms with E-state index in [2.05, 4.69) is 90.1 Å². The molecule has 48 heteroatoms. The first-order chi connectivity index (χ1) is 58.5. The van der Waals surface area contributed by atoms with Gasteiger partial charge in [-0.25, -0.2) is 4.79 Å². The van der Waals surface area contributed by atoms with E-state index in [-0.39, 0.29) is 69.9 Å². The predicted molar refractivity (Wildman–Crippen MR) is 447 cm³/mol. The fourth-order valence-electron chi connectivity index (χ4n) is 11.8. The number of aliphatic imine (C=N–C) groups is 1. The summed E-state index contributed by atoms with van der Waals surface area (Å²) in [5, 5.41) is 88.3. The molecule has 0 aliphatic heterocycles. The minimum atomic E-state index is -2.01. The molecule has 0 bridgehead atoms. The molecule has 1 rings (SSSR count). The van der Waals surface area contributed by atoms with E-state index in [9.17, 15) is 121 Å². The number of benzene rings is 1. The first-order valence-electron chi connectivity index (χ1n) is 40.8. The molecule has 0 aromatic heterocycles. The minimum Gasteiger partial charge on any atom is -0.481 e. The smallest absolute Gasteiger partial charge is 0.326 e. The van der Waals surface area contributed by atoms with E-state index < -0.39 is 291 Å². The molecule has 17 atom stereocenters. The van der Waals surface area contributed by atoms with Gasteiger partial charge in [0.25, 0.3) is 0 Å². The molecule has 33 N–H and O–H groups in total. The molecule has 0 aliphatic rings. The zero-order valence-corrected chi connectivity index (χ0v) is 72.2. The van der Waals surface area contributed by atoms with Gasteiger partial charge in [0.2, 0.25) is 106 Å². The number of aliphatic hydroxyl groups excluding tert-OH is 3. The van der Waals surface area contributed by atoms with E-state index in [1.165, 1.54) is 34.6 Å². The zero-order valence-electron chi connectivity index (χ0n) is 72.2. The largest absolute Gasteiger partial charge is 0.481 e. The van der Waals surface area contributed by atoms with Crippen LogP contribution in [0.4, 0.5) is 0 Å². The number of primary amides is 2. The van der Waals surface area contributed by atoms with Crippen LogP contribution in [0.15, 0.2) is 35.3 Å². The van der Waals surface area contributed by atoms with E-state index in [0.29, 0.717) is 12.0 Å². The average Bonchev–Trinajstić information content (AvgIpc) is 0.856. The molecule has 125 heavy (non-hydrogen) atoms. The fourth-order valence-corrected chi connectivity index (χ4v) is 11.8. The summed E-state index contributed by atoms with van der Waals surface area (Å²) in [4.78, 5) is 270. The third kappa shape index (κ3) is 43.0. The second-order valence-corrected chi connectivity index (χ2v) is 31.1. The van der Waals surface area contributed by atoms with E-state index in [1.807, 2.05) is 0 Å². The highest BCUT2D eigenvalue weighted by Crippen LogP contribution is 2.15. The Labute approximate surface area is 722 Å². The second-order valence-electron chi connectivity index (χ2n) is 31.1. The van der Waals surface area contributed by atoms with Gasteiger partial charge in [0, 0.05) is 19.4 Å². The SMILES string of the molecule is CC[C@H](C)[C@H](NC(=O)[C@H](CC(C)C)NC(=O)CNC(=O)[C@@H](NC(=O)[C@H](CO)NC(=O)[C@@H](NC(=O)[C@@H](NC(=O)CNC(=O)[C@H](C)NC(=O)[C@H](CCCCN)NC(=O)[C@@H](NC(=O)[C@H](CCC(=O)O)NC(=O)[C@H](CCC(N)=O)NC(=O)CNC(=O)[C@H](CC(N)=O)NC(=O)[C@H](CCCN=C(N)N)NC(=O)[C@@H](N)Cc1ccccc1)[C@@H](C)O)C(C)C)C(C)C)[C@@H](C)O)C(=O)O. The third-order valence-corrected chi connectivity index (χ3v) is 19.1. The number of aliphatic carboxylic acids is 2. The van der Waals surface area contributed by atoms with Crippen molar-refractivity contribution in [2.24, 2.45) is 63.1 Å². The molecule has 48 nitrogen and oxygen atoms in total. The van der Waals surface area contributed by atoms with Gasteiger partial charge >= 0.3 is 11.9 Å². The molecular weight excluding hydrogens is 1650 g/mol. The van der Waals surface area contributed by atoms with Crippen molar-refractivity contribution in [1.82, 2.24) is 85.1 Å². The molecule has 1 aromatic rings. The Bertz CT molecular complexity index is 3870. The molecule has 1 aromatic carbocycles. The van der Waals surface area contributed by atoms with Gasteiger partial charge in [0.1, 0.15) is 78.5 Å². The lowest BCUT2D eigenvalue weighted by Gasteiger charge is -2.29. The number of aliphatic hydroxyl groups is 3. The quantitative estimate of drug-likeness (QED) is 0.0164. The van der Waals surface area contributed by atoms with Crippen LogP contribution >= 0.6 is 0 Å². The van der Waals surface area contributed by atoms with E-state index in [1.54, 1.807) is 58.0 Å². The monoisotopic (exact) mass is 1780 g/mol. The van der Waals surface area contributed by atoms with Crippen LogP contribution in [0.5, 0.6) is 0 Å². The maximum absolute atomic E-state index is 14.1. The maximum atomic E-state index is 14.1. The van der Waals surface area contributed by atoms with Crippen LogP contribution in [0.25, 0.3) is 0 Å². The highest BCUT2D eigenvalue weighted by molar-refractivity contribution is 6.01. The Balaban J connectivity index is 3.27. The van der Waals surface area contributed by atoms with Gasteiger partial charge in [0.15, 0.2) is 5.96 Å². The summed E-state index contributed by atoms with van der Waals surface area (Å²) < 4.78 is 0. The molecule has 702 valence electrons. The van der Waals surface area contributed by atoms with Gasteiger partial charge in [-0.2, -0.15) is 0 Å². The Hall–Kier alpha value is -12.3. The summed E-state index contributed by atoms with van der Waals surface area (Å²) in [5.74, 6) is -24.3. The summed E-state index contributed by atoms with van der Waals surface area (Å²) in [5.41, 5.74) is 34.2. The summed E-state index contributed by atoms with van der Waals surface area (Å²) >= 11 is 0. The van der Waals surface area contributed by atoms with Crippen molar-refractivity contribution in [2.75, 3.05) is 39.3 Å². The van der Waals surface area contributed by atoms with E-state index in [4.69, 9.17) is 34.4 Å². The number of carboxylic acid groups (broad SMARTS) is 2. The highest BCUT2D eigenvalue weighted by Gasteiger charge is 2.39. The van der Waals surface area contributed by atoms with Crippen molar-refractivity contribution < 1.29 is 121 Å². The summed E-state index contributed by atoms with van der Waals surface area (Å²) in [6.45, 7) is 12.5. The van der Waals surface area contributed by atoms with E-state index >= 15 is 0 Å². The molecule has 18 amide bonds. The molecular formula is C77H129N23O25. The molecule has 0 fully saturated rings. The lowest BCUT2D eigenvalue weighted by molar-refractivity contribution is -0.144. The Morgan fingerprint density at radius 1 is 0.408 bits per heavy atom. The Kier molecular flexibility index (Phi) is 50.6. The predicted octanol–water partition coefficient (Wildman–Crippen LogP) is -10.3. The number of rotatable bonds is 60. The number of amides is 18. The summed E-state index contributed by atoms with van der Waals surface area (Å²) in [6.07, 6.45) is -6.38.